The molecule has 0 radical (unpaired) electrons. The molecule has 7 nitrogen and oxygen atoms in total. The lowest BCUT2D eigenvalue weighted by molar-refractivity contribution is -0.165. The molecule has 0 fully saturated rings. The van der Waals surface area contributed by atoms with Crippen LogP contribution in [0.1, 0.15) is 31.0 Å². The van der Waals surface area contributed by atoms with E-state index in [1.54, 1.807) is 42.5 Å². The second-order valence-electron chi connectivity index (χ2n) is 8.71. The molecule has 2 rings (SSSR count). The highest BCUT2D eigenvalue weighted by atomic mass is 35.5. The Kier molecular flexibility index (Phi) is 10.7. The first-order valence-electron chi connectivity index (χ1n) is 11.5. The van der Waals surface area contributed by atoms with Crippen molar-refractivity contribution in [3.05, 3.63) is 76.8 Å². The van der Waals surface area contributed by atoms with E-state index in [9.17, 15) is 41.1 Å². The SMILES string of the molecule is CC(C)[C@H](NC(=O)C(NC(=O)/C=C/c1cccc(Cl)c1)c1ccccc1)C(=O)C(F)(F)C(=O)NCC(F)(F)F. The minimum atomic E-state index is -4.98. The molecule has 0 saturated heterocycles. The third-order valence-electron chi connectivity index (χ3n) is 5.25. The van der Waals surface area contributed by atoms with Crippen molar-refractivity contribution in [3.8, 4) is 0 Å². The zero-order valence-electron chi connectivity index (χ0n) is 20.7. The molecule has 13 heteroatoms. The van der Waals surface area contributed by atoms with Gasteiger partial charge >= 0.3 is 12.1 Å². The van der Waals surface area contributed by atoms with Gasteiger partial charge in [0.05, 0.1) is 6.04 Å². The smallest absolute Gasteiger partial charge is 0.344 e. The Balaban J connectivity index is 2.25. The van der Waals surface area contributed by atoms with Gasteiger partial charge in [-0.2, -0.15) is 22.0 Å². The number of benzene rings is 2. The highest BCUT2D eigenvalue weighted by Crippen LogP contribution is 2.23. The molecule has 0 spiro atoms. The van der Waals surface area contributed by atoms with Crippen molar-refractivity contribution >= 4 is 41.2 Å². The average molecular weight is 574 g/mol. The van der Waals surface area contributed by atoms with Crippen molar-refractivity contribution in [1.29, 1.82) is 0 Å². The monoisotopic (exact) mass is 573 g/mol. The number of carbonyl (C=O) groups is 4. The van der Waals surface area contributed by atoms with Crippen molar-refractivity contribution in [3.63, 3.8) is 0 Å². The number of amides is 3. The van der Waals surface area contributed by atoms with Crippen LogP contribution in [0.2, 0.25) is 5.02 Å². The molecular formula is C26H25ClF5N3O4. The number of hydrogen-bond donors (Lipinski definition) is 3. The molecule has 0 saturated carbocycles. The van der Waals surface area contributed by atoms with E-state index < -0.39 is 60.1 Å². The molecule has 2 aromatic rings. The third kappa shape index (κ3) is 9.47. The first kappa shape index (κ1) is 31.4. The summed E-state index contributed by atoms with van der Waals surface area (Å²) in [6, 6.07) is 10.8. The fraction of sp³-hybridized carbons (Fsp3) is 0.308. The van der Waals surface area contributed by atoms with Crippen molar-refractivity contribution in [2.45, 2.75) is 38.0 Å². The fourth-order valence-electron chi connectivity index (χ4n) is 3.29. The Morgan fingerprint density at radius 3 is 2.13 bits per heavy atom. The summed E-state index contributed by atoms with van der Waals surface area (Å²) >= 11 is 5.91. The van der Waals surface area contributed by atoms with E-state index in [0.29, 0.717) is 10.6 Å². The summed E-state index contributed by atoms with van der Waals surface area (Å²) in [4.78, 5) is 50.0. The first-order valence-corrected chi connectivity index (χ1v) is 11.9. The number of nitrogens with one attached hydrogen (secondary N) is 3. The number of hydrogen-bond acceptors (Lipinski definition) is 4. The maximum absolute atomic E-state index is 14.5. The van der Waals surface area contributed by atoms with Crippen LogP contribution in [0.5, 0.6) is 0 Å². The van der Waals surface area contributed by atoms with Gasteiger partial charge in [0, 0.05) is 11.1 Å². The highest BCUT2D eigenvalue weighted by Gasteiger charge is 2.52. The Bertz CT molecular complexity index is 1220. The van der Waals surface area contributed by atoms with E-state index in [2.05, 4.69) is 10.6 Å². The van der Waals surface area contributed by atoms with Gasteiger partial charge in [0.1, 0.15) is 12.6 Å². The van der Waals surface area contributed by atoms with Crippen LogP contribution in [0.25, 0.3) is 6.08 Å². The zero-order chi connectivity index (χ0) is 29.4. The molecule has 2 aromatic carbocycles. The minimum Gasteiger partial charge on any atom is -0.344 e. The lowest BCUT2D eigenvalue weighted by Crippen LogP contribution is -2.58. The van der Waals surface area contributed by atoms with Crippen LogP contribution in [0.15, 0.2) is 60.7 Å². The van der Waals surface area contributed by atoms with Crippen LogP contribution >= 0.6 is 11.6 Å². The second-order valence-corrected chi connectivity index (χ2v) is 9.14. The Labute approximate surface area is 225 Å². The summed E-state index contributed by atoms with van der Waals surface area (Å²) in [5, 5.41) is 5.93. The van der Waals surface area contributed by atoms with Crippen molar-refractivity contribution in [2.75, 3.05) is 6.54 Å². The molecule has 39 heavy (non-hydrogen) atoms. The van der Waals surface area contributed by atoms with Crippen LogP contribution in [0.4, 0.5) is 22.0 Å². The van der Waals surface area contributed by atoms with Crippen molar-refractivity contribution in [1.82, 2.24) is 16.0 Å². The van der Waals surface area contributed by atoms with Gasteiger partial charge < -0.3 is 16.0 Å². The number of rotatable bonds is 11. The normalized spacial score (nSPS) is 13.6. The zero-order valence-corrected chi connectivity index (χ0v) is 21.4. The lowest BCUT2D eigenvalue weighted by atomic mass is 9.94. The summed E-state index contributed by atoms with van der Waals surface area (Å²) in [5.41, 5.74) is 0.819. The highest BCUT2D eigenvalue weighted by molar-refractivity contribution is 6.30. The summed E-state index contributed by atoms with van der Waals surface area (Å²) in [6.45, 7) is 0.505. The van der Waals surface area contributed by atoms with Gasteiger partial charge in [-0.1, -0.05) is 67.9 Å². The maximum atomic E-state index is 14.5. The van der Waals surface area contributed by atoms with E-state index in [4.69, 9.17) is 11.6 Å². The molecule has 2 atom stereocenters. The van der Waals surface area contributed by atoms with Crippen molar-refractivity contribution < 1.29 is 41.1 Å². The van der Waals surface area contributed by atoms with Crippen molar-refractivity contribution in [2.24, 2.45) is 5.92 Å². The van der Waals surface area contributed by atoms with Gasteiger partial charge in [-0.05, 0) is 35.3 Å². The average Bonchev–Trinajstić information content (AvgIpc) is 2.87. The van der Waals surface area contributed by atoms with Gasteiger partial charge in [0.2, 0.25) is 17.6 Å². The lowest BCUT2D eigenvalue weighted by Gasteiger charge is -2.27. The van der Waals surface area contributed by atoms with Crippen LogP contribution in [0.3, 0.4) is 0 Å². The molecule has 3 N–H and O–H groups in total. The molecule has 1 unspecified atom stereocenters. The van der Waals surface area contributed by atoms with Gasteiger partial charge in [-0.15, -0.1) is 0 Å². The van der Waals surface area contributed by atoms with E-state index >= 15 is 0 Å². The summed E-state index contributed by atoms with van der Waals surface area (Å²) in [6.07, 6.45) is -2.45. The Morgan fingerprint density at radius 2 is 1.56 bits per heavy atom. The molecule has 3 amide bonds. The summed E-state index contributed by atoms with van der Waals surface area (Å²) in [5.74, 6) is -12.3. The number of alkyl halides is 5. The van der Waals surface area contributed by atoms with E-state index in [0.717, 1.165) is 11.4 Å². The molecule has 0 aliphatic rings. The van der Waals surface area contributed by atoms with E-state index in [-0.39, 0.29) is 5.56 Å². The second kappa shape index (κ2) is 13.3. The molecule has 0 aliphatic carbocycles. The van der Waals surface area contributed by atoms with Gasteiger partial charge in [0.15, 0.2) is 0 Å². The Hall–Kier alpha value is -3.80. The molecule has 0 aliphatic heterocycles. The molecule has 0 aromatic heterocycles. The molecular weight excluding hydrogens is 549 g/mol. The van der Waals surface area contributed by atoms with Crippen LogP contribution < -0.4 is 16.0 Å². The predicted octanol–water partition coefficient (Wildman–Crippen LogP) is 4.23. The van der Waals surface area contributed by atoms with Crippen LogP contribution in [-0.4, -0.2) is 48.2 Å². The minimum absolute atomic E-state index is 0.240. The molecule has 0 bridgehead atoms. The van der Waals surface area contributed by atoms with Crippen LogP contribution in [-0.2, 0) is 19.2 Å². The number of halogens is 6. The molecule has 210 valence electrons. The van der Waals surface area contributed by atoms with E-state index in [1.807, 2.05) is 0 Å². The quantitative estimate of drug-likeness (QED) is 0.213. The van der Waals surface area contributed by atoms with Crippen LogP contribution in [0, 0.1) is 5.92 Å². The predicted molar refractivity (Wildman–Crippen MR) is 134 cm³/mol. The molecule has 0 heterocycles. The topological polar surface area (TPSA) is 104 Å². The van der Waals surface area contributed by atoms with Gasteiger partial charge in [-0.25, -0.2) is 0 Å². The largest absolute Gasteiger partial charge is 0.405 e. The Morgan fingerprint density at radius 1 is 0.923 bits per heavy atom. The third-order valence-corrected chi connectivity index (χ3v) is 5.48. The first-order chi connectivity index (χ1) is 18.1. The van der Waals surface area contributed by atoms with Gasteiger partial charge in [-0.3, -0.25) is 19.2 Å². The summed E-state index contributed by atoms with van der Waals surface area (Å²) in [7, 11) is 0. The number of ketones is 1. The van der Waals surface area contributed by atoms with E-state index in [1.165, 1.54) is 32.1 Å². The standard InChI is InChI=1S/C26H25ClF5N3O4/c1-15(2)20(22(37)26(31,32)24(39)33-14-25(28,29)30)35-23(38)21(17-8-4-3-5-9-17)34-19(36)12-11-16-7-6-10-18(27)13-16/h3-13,15,20-21H,14H2,1-2H3,(H,33,39)(H,34,36)(H,35,38)/b12-11+/t20-,21?/m0/s1. The number of Topliss-reactive ketones (excluding diaryl/α,β-unsaturated/α-hetero) is 1. The van der Waals surface area contributed by atoms with Gasteiger partial charge in [0.25, 0.3) is 5.91 Å². The summed E-state index contributed by atoms with van der Waals surface area (Å²) < 4.78 is 66.0. The maximum Gasteiger partial charge on any atom is 0.405 e. The number of carbonyl (C=O) groups excluding carboxylic acids is 4. The fourth-order valence-corrected chi connectivity index (χ4v) is 3.49.